The van der Waals surface area contributed by atoms with Crippen molar-refractivity contribution in [1.82, 2.24) is 9.78 Å². The summed E-state index contributed by atoms with van der Waals surface area (Å²) in [5.74, 6) is 0. The molecule has 0 saturated heterocycles. The SMILES string of the molecule is C[C@@H](Nc1cnn(C(C)(C)C)c1)c1ccc(S(C)(=O)=O)cc1. The van der Waals surface area contributed by atoms with Crippen LogP contribution in [0.3, 0.4) is 0 Å². The highest BCUT2D eigenvalue weighted by Crippen LogP contribution is 2.22. The second-order valence-corrected chi connectivity index (χ2v) is 8.57. The zero-order chi connectivity index (χ0) is 16.5. The van der Waals surface area contributed by atoms with E-state index < -0.39 is 9.84 Å². The van der Waals surface area contributed by atoms with Crippen LogP contribution in [-0.4, -0.2) is 24.5 Å². The third-order valence-electron chi connectivity index (χ3n) is 3.46. The third kappa shape index (κ3) is 3.88. The van der Waals surface area contributed by atoms with Crippen molar-refractivity contribution < 1.29 is 8.42 Å². The normalized spacial score (nSPS) is 13.9. The Morgan fingerprint density at radius 2 is 1.77 bits per heavy atom. The van der Waals surface area contributed by atoms with Gasteiger partial charge in [0.15, 0.2) is 9.84 Å². The van der Waals surface area contributed by atoms with Gasteiger partial charge in [-0.25, -0.2) is 8.42 Å². The molecule has 1 aromatic heterocycles. The van der Waals surface area contributed by atoms with Crippen LogP contribution in [0.1, 0.15) is 39.3 Å². The van der Waals surface area contributed by atoms with Crippen molar-refractivity contribution in [2.24, 2.45) is 0 Å². The summed E-state index contributed by atoms with van der Waals surface area (Å²) in [5, 5.41) is 7.73. The molecule has 0 spiro atoms. The lowest BCUT2D eigenvalue weighted by Gasteiger charge is -2.19. The van der Waals surface area contributed by atoms with Crippen LogP contribution in [0.4, 0.5) is 5.69 Å². The number of hydrogen-bond donors (Lipinski definition) is 1. The van der Waals surface area contributed by atoms with E-state index in [0.717, 1.165) is 11.3 Å². The van der Waals surface area contributed by atoms with Gasteiger partial charge in [0.05, 0.1) is 22.3 Å². The van der Waals surface area contributed by atoms with E-state index in [-0.39, 0.29) is 11.6 Å². The molecule has 1 atom stereocenters. The largest absolute Gasteiger partial charge is 0.376 e. The maximum Gasteiger partial charge on any atom is 0.175 e. The molecule has 22 heavy (non-hydrogen) atoms. The highest BCUT2D eigenvalue weighted by Gasteiger charge is 2.15. The Hall–Kier alpha value is -1.82. The van der Waals surface area contributed by atoms with Crippen LogP contribution in [0, 0.1) is 0 Å². The van der Waals surface area contributed by atoms with E-state index in [1.807, 2.05) is 29.9 Å². The number of nitrogens with one attached hydrogen (secondary N) is 1. The molecular weight excluding hydrogens is 298 g/mol. The number of aromatic nitrogens is 2. The van der Waals surface area contributed by atoms with Gasteiger partial charge in [-0.3, -0.25) is 4.68 Å². The Morgan fingerprint density at radius 1 is 1.18 bits per heavy atom. The monoisotopic (exact) mass is 321 g/mol. The van der Waals surface area contributed by atoms with Gasteiger partial charge in [0, 0.05) is 18.5 Å². The van der Waals surface area contributed by atoms with Crippen molar-refractivity contribution in [1.29, 1.82) is 0 Å². The Labute approximate surface area is 132 Å². The molecule has 0 bridgehead atoms. The first kappa shape index (κ1) is 16.5. The summed E-state index contributed by atoms with van der Waals surface area (Å²) in [6.45, 7) is 8.31. The Bertz CT molecular complexity index is 740. The average Bonchev–Trinajstić information content (AvgIpc) is 2.86. The zero-order valence-electron chi connectivity index (χ0n) is 13.7. The summed E-state index contributed by atoms with van der Waals surface area (Å²) in [6.07, 6.45) is 4.98. The van der Waals surface area contributed by atoms with Crippen LogP contribution in [0.25, 0.3) is 0 Å². The Morgan fingerprint density at radius 3 is 2.23 bits per heavy atom. The lowest BCUT2D eigenvalue weighted by atomic mass is 10.1. The minimum Gasteiger partial charge on any atom is -0.376 e. The Balaban J connectivity index is 2.12. The molecular formula is C16H23N3O2S. The Kier molecular flexibility index (Phi) is 4.33. The zero-order valence-corrected chi connectivity index (χ0v) is 14.5. The highest BCUT2D eigenvalue weighted by atomic mass is 32.2. The lowest BCUT2D eigenvalue weighted by Crippen LogP contribution is -2.21. The fourth-order valence-corrected chi connectivity index (χ4v) is 2.73. The van der Waals surface area contributed by atoms with Crippen LogP contribution in [-0.2, 0) is 15.4 Å². The van der Waals surface area contributed by atoms with Gasteiger partial charge in [0.1, 0.15) is 0 Å². The quantitative estimate of drug-likeness (QED) is 0.939. The first-order valence-electron chi connectivity index (χ1n) is 7.19. The molecule has 6 heteroatoms. The molecule has 0 aliphatic heterocycles. The van der Waals surface area contributed by atoms with E-state index >= 15 is 0 Å². The van der Waals surface area contributed by atoms with Gasteiger partial charge in [-0.05, 0) is 45.4 Å². The average molecular weight is 321 g/mol. The number of sulfone groups is 1. The molecule has 0 radical (unpaired) electrons. The van der Waals surface area contributed by atoms with E-state index in [1.54, 1.807) is 18.3 Å². The summed E-state index contributed by atoms with van der Waals surface area (Å²) >= 11 is 0. The number of benzene rings is 1. The van der Waals surface area contributed by atoms with Gasteiger partial charge in [-0.2, -0.15) is 5.10 Å². The summed E-state index contributed by atoms with van der Waals surface area (Å²) in [5.41, 5.74) is 1.91. The molecule has 0 amide bonds. The molecule has 120 valence electrons. The van der Waals surface area contributed by atoms with Gasteiger partial charge in [0.2, 0.25) is 0 Å². The van der Waals surface area contributed by atoms with Crippen molar-refractivity contribution >= 4 is 15.5 Å². The maximum atomic E-state index is 11.5. The number of hydrogen-bond acceptors (Lipinski definition) is 4. The van der Waals surface area contributed by atoms with Crippen LogP contribution in [0.5, 0.6) is 0 Å². The first-order chi connectivity index (χ1) is 10.1. The molecule has 2 aromatic rings. The molecule has 5 nitrogen and oxygen atoms in total. The van der Waals surface area contributed by atoms with Crippen LogP contribution in [0.15, 0.2) is 41.6 Å². The van der Waals surface area contributed by atoms with Gasteiger partial charge < -0.3 is 5.32 Å². The molecule has 2 rings (SSSR count). The van der Waals surface area contributed by atoms with Crippen molar-refractivity contribution in [3.63, 3.8) is 0 Å². The summed E-state index contributed by atoms with van der Waals surface area (Å²) < 4.78 is 24.9. The highest BCUT2D eigenvalue weighted by molar-refractivity contribution is 7.90. The van der Waals surface area contributed by atoms with E-state index in [1.165, 1.54) is 6.26 Å². The molecule has 0 saturated carbocycles. The summed E-state index contributed by atoms with van der Waals surface area (Å²) in [7, 11) is -3.15. The minimum atomic E-state index is -3.15. The van der Waals surface area contributed by atoms with E-state index in [4.69, 9.17) is 0 Å². The second-order valence-electron chi connectivity index (χ2n) is 6.55. The van der Waals surface area contributed by atoms with Gasteiger partial charge in [-0.15, -0.1) is 0 Å². The van der Waals surface area contributed by atoms with Crippen molar-refractivity contribution in [3.05, 3.63) is 42.2 Å². The van der Waals surface area contributed by atoms with Crippen LogP contribution in [0.2, 0.25) is 0 Å². The topological polar surface area (TPSA) is 64.0 Å². The predicted octanol–water partition coefficient (Wildman–Crippen LogP) is 3.21. The van der Waals surface area contributed by atoms with Gasteiger partial charge in [-0.1, -0.05) is 12.1 Å². The molecule has 0 aliphatic rings. The number of nitrogens with zero attached hydrogens (tertiary/aromatic N) is 2. The first-order valence-corrected chi connectivity index (χ1v) is 9.08. The predicted molar refractivity (Wildman–Crippen MR) is 88.8 cm³/mol. The van der Waals surface area contributed by atoms with Crippen molar-refractivity contribution in [2.75, 3.05) is 11.6 Å². The van der Waals surface area contributed by atoms with Crippen molar-refractivity contribution in [2.45, 2.75) is 44.2 Å². The van der Waals surface area contributed by atoms with Crippen molar-refractivity contribution in [3.8, 4) is 0 Å². The molecule has 0 aliphatic carbocycles. The smallest absolute Gasteiger partial charge is 0.175 e. The molecule has 1 N–H and O–H groups in total. The molecule has 1 heterocycles. The van der Waals surface area contributed by atoms with Crippen LogP contribution < -0.4 is 5.32 Å². The standard InChI is InChI=1S/C16H23N3O2S/c1-12(13-6-8-15(9-7-13)22(5,20)21)18-14-10-17-19(11-14)16(2,3)4/h6-12,18H,1-5H3/t12-/m1/s1. The van der Waals surface area contributed by atoms with Gasteiger partial charge in [0.25, 0.3) is 0 Å². The lowest BCUT2D eigenvalue weighted by molar-refractivity contribution is 0.355. The maximum absolute atomic E-state index is 11.5. The fraction of sp³-hybridized carbons (Fsp3) is 0.438. The molecule has 0 unspecified atom stereocenters. The fourth-order valence-electron chi connectivity index (χ4n) is 2.10. The number of rotatable bonds is 4. The number of anilines is 1. The minimum absolute atomic E-state index is 0.0553. The summed E-state index contributed by atoms with van der Waals surface area (Å²) in [6, 6.07) is 7.01. The second kappa shape index (κ2) is 5.76. The van der Waals surface area contributed by atoms with E-state index in [2.05, 4.69) is 31.2 Å². The molecule has 0 fully saturated rings. The van der Waals surface area contributed by atoms with E-state index in [0.29, 0.717) is 4.90 Å². The van der Waals surface area contributed by atoms with E-state index in [9.17, 15) is 8.42 Å². The third-order valence-corrected chi connectivity index (χ3v) is 4.59. The summed E-state index contributed by atoms with van der Waals surface area (Å²) in [4.78, 5) is 0.337. The van der Waals surface area contributed by atoms with Crippen LogP contribution >= 0.6 is 0 Å². The van der Waals surface area contributed by atoms with Gasteiger partial charge >= 0.3 is 0 Å². The molecule has 1 aromatic carbocycles.